The third kappa shape index (κ3) is 5.46. The molecule has 3 aromatic rings. The minimum Gasteiger partial charge on any atom is -0.497 e. The van der Waals surface area contributed by atoms with E-state index in [1.165, 1.54) is 12.7 Å². The van der Waals surface area contributed by atoms with Gasteiger partial charge in [-0.2, -0.15) is 0 Å². The molecule has 0 unspecified atom stereocenters. The second-order valence-electron chi connectivity index (χ2n) is 11.1. The number of carbonyl (C=O) groups excluding carboxylic acids is 1. The van der Waals surface area contributed by atoms with Crippen LogP contribution < -0.4 is 14.4 Å². The van der Waals surface area contributed by atoms with Gasteiger partial charge in [0.25, 0.3) is 5.91 Å². The number of halogens is 1. The molecule has 41 heavy (non-hydrogen) atoms. The van der Waals surface area contributed by atoms with Gasteiger partial charge < -0.3 is 24.2 Å². The minimum atomic E-state index is -1.82. The summed E-state index contributed by atoms with van der Waals surface area (Å²) in [4.78, 5) is 15.9. The molecular weight excluding hydrogens is 582 g/mol. The molecule has 214 valence electrons. The normalized spacial score (nSPS) is 23.0. The van der Waals surface area contributed by atoms with E-state index in [4.69, 9.17) is 14.2 Å². The zero-order chi connectivity index (χ0) is 29.4. The van der Waals surface area contributed by atoms with Gasteiger partial charge in [0.2, 0.25) is 0 Å². The van der Waals surface area contributed by atoms with Gasteiger partial charge in [-0.25, -0.2) is 0 Å². The first kappa shape index (κ1) is 29.1. The van der Waals surface area contributed by atoms with Gasteiger partial charge in [0.1, 0.15) is 17.1 Å². The Hall–Kier alpha value is -3.39. The van der Waals surface area contributed by atoms with Crippen molar-refractivity contribution in [3.8, 4) is 11.5 Å². The van der Waals surface area contributed by atoms with Crippen LogP contribution in [0.5, 0.6) is 11.5 Å². The number of fused-ring (bicyclic) bond motifs is 3. The van der Waals surface area contributed by atoms with Crippen molar-refractivity contribution in [1.82, 2.24) is 0 Å². The Balaban J connectivity index is 1.71. The number of benzene rings is 3. The molecule has 0 saturated carbocycles. The summed E-state index contributed by atoms with van der Waals surface area (Å²) in [6.07, 6.45) is 6.72. The topological polar surface area (TPSA) is 68.2 Å². The van der Waals surface area contributed by atoms with Crippen LogP contribution in [0.2, 0.25) is 0 Å². The van der Waals surface area contributed by atoms with Gasteiger partial charge in [0.15, 0.2) is 11.7 Å². The van der Waals surface area contributed by atoms with Crippen molar-refractivity contribution < 1.29 is 24.1 Å². The smallest absolute Gasteiger partial charge is 0.260 e. The summed E-state index contributed by atoms with van der Waals surface area (Å²) in [6, 6.07) is 18.8. The number of anilines is 1. The lowest BCUT2D eigenvalue weighted by atomic mass is 9.75. The van der Waals surface area contributed by atoms with Crippen molar-refractivity contribution in [2.45, 2.75) is 57.5 Å². The van der Waals surface area contributed by atoms with Gasteiger partial charge in [-0.05, 0) is 87.2 Å². The molecule has 5 rings (SSSR count). The van der Waals surface area contributed by atoms with Gasteiger partial charge in [-0.1, -0.05) is 57.9 Å². The van der Waals surface area contributed by atoms with Gasteiger partial charge in [-0.15, -0.1) is 0 Å². The summed E-state index contributed by atoms with van der Waals surface area (Å²) in [6.45, 7) is 6.53. The third-order valence-electron chi connectivity index (χ3n) is 7.85. The van der Waals surface area contributed by atoms with E-state index in [0.29, 0.717) is 34.9 Å². The van der Waals surface area contributed by atoms with E-state index in [0.717, 1.165) is 28.4 Å². The van der Waals surface area contributed by atoms with Crippen LogP contribution in [0.4, 0.5) is 5.69 Å². The fourth-order valence-corrected chi connectivity index (χ4v) is 6.15. The van der Waals surface area contributed by atoms with Crippen LogP contribution in [0.25, 0.3) is 6.08 Å². The predicted octanol–water partition coefficient (Wildman–Crippen LogP) is 7.17. The molecule has 2 aliphatic rings. The highest BCUT2D eigenvalue weighted by atomic mass is 79.9. The summed E-state index contributed by atoms with van der Waals surface area (Å²) >= 11 is 3.54. The van der Waals surface area contributed by atoms with Crippen LogP contribution in [0, 0.1) is 0 Å². The first-order valence-corrected chi connectivity index (χ1v) is 14.5. The van der Waals surface area contributed by atoms with E-state index in [-0.39, 0.29) is 5.91 Å². The van der Waals surface area contributed by atoms with Gasteiger partial charge >= 0.3 is 0 Å². The molecule has 2 heterocycles. The monoisotopic (exact) mass is 617 g/mol. The summed E-state index contributed by atoms with van der Waals surface area (Å²) in [5.41, 5.74) is 2.22. The zero-order valence-corrected chi connectivity index (χ0v) is 25.7. The third-order valence-corrected chi connectivity index (χ3v) is 8.34. The molecule has 1 amide bonds. The number of rotatable bonds is 8. The maximum absolute atomic E-state index is 14.2. The highest BCUT2D eigenvalue weighted by Gasteiger charge is 2.55. The van der Waals surface area contributed by atoms with E-state index in [2.05, 4.69) is 48.9 Å². The number of allylic oxidation sites excluding steroid dienone is 2. The molecular formula is C34H36BrNO5. The lowest BCUT2D eigenvalue weighted by molar-refractivity contribution is -0.146. The van der Waals surface area contributed by atoms with Crippen LogP contribution in [0.15, 0.2) is 82.9 Å². The molecule has 2 aliphatic heterocycles. The average molecular weight is 619 g/mol. The second kappa shape index (κ2) is 11.5. The number of hydrogen-bond acceptors (Lipinski definition) is 5. The SMILES string of the molecule is COc1ccc([C@]2(O)c3c(ccc4c3O[C@](C)(CCC=C(C)C)C=C4)N(Cc3cccc(Br)c3)C(=O)[C@H]2OC)cc1. The van der Waals surface area contributed by atoms with Crippen LogP contribution in [0.1, 0.15) is 55.9 Å². The fraction of sp³-hybridized carbons (Fsp3) is 0.324. The Morgan fingerprint density at radius 3 is 2.54 bits per heavy atom. The number of carbonyl (C=O) groups is 1. The van der Waals surface area contributed by atoms with E-state index < -0.39 is 17.3 Å². The lowest BCUT2D eigenvalue weighted by Gasteiger charge is -2.46. The van der Waals surface area contributed by atoms with Crippen molar-refractivity contribution in [1.29, 1.82) is 0 Å². The molecule has 7 heteroatoms. The molecule has 0 aromatic heterocycles. The van der Waals surface area contributed by atoms with Crippen LogP contribution in [-0.2, 0) is 21.7 Å². The van der Waals surface area contributed by atoms with Crippen molar-refractivity contribution in [2.24, 2.45) is 0 Å². The Labute approximate surface area is 250 Å². The van der Waals surface area contributed by atoms with Crippen LogP contribution in [0.3, 0.4) is 0 Å². The maximum Gasteiger partial charge on any atom is 0.260 e. The summed E-state index contributed by atoms with van der Waals surface area (Å²) in [5, 5.41) is 12.8. The Kier molecular flexibility index (Phi) is 8.15. The number of hydrogen-bond donors (Lipinski definition) is 1. The maximum atomic E-state index is 14.2. The number of ether oxygens (including phenoxy) is 3. The fourth-order valence-electron chi connectivity index (χ4n) is 5.70. The van der Waals surface area contributed by atoms with Crippen molar-refractivity contribution in [3.05, 3.63) is 105 Å². The van der Waals surface area contributed by atoms with Gasteiger partial charge in [0, 0.05) is 17.1 Å². The molecule has 6 nitrogen and oxygen atoms in total. The first-order valence-electron chi connectivity index (χ1n) is 13.7. The van der Waals surface area contributed by atoms with E-state index in [1.807, 2.05) is 42.5 Å². The van der Waals surface area contributed by atoms with Gasteiger partial charge in [0.05, 0.1) is 24.9 Å². The van der Waals surface area contributed by atoms with E-state index in [9.17, 15) is 9.90 Å². The molecule has 3 aromatic carbocycles. The highest BCUT2D eigenvalue weighted by Crippen LogP contribution is 2.52. The molecule has 0 saturated heterocycles. The molecule has 3 atom stereocenters. The van der Waals surface area contributed by atoms with Crippen LogP contribution >= 0.6 is 15.9 Å². The quantitative estimate of drug-likeness (QED) is 0.271. The molecule has 0 bridgehead atoms. The molecule has 1 N–H and O–H groups in total. The molecule has 0 aliphatic carbocycles. The standard InChI is InChI=1S/C34H36BrNO5/c1-22(2)8-7-18-33(3)19-17-24-11-16-28-29(30(24)41-33)34(38,25-12-14-27(39-4)15-13-25)31(40-5)32(37)36(28)21-23-9-6-10-26(35)20-23/h6,8-17,19-20,31,38H,7,18,21H2,1-5H3/t31-,33-,34+/m1/s1. The number of methoxy groups -OCH3 is 2. The van der Waals surface area contributed by atoms with E-state index in [1.54, 1.807) is 36.3 Å². The molecule has 0 spiro atoms. The molecule has 0 radical (unpaired) electrons. The number of amides is 1. The lowest BCUT2D eigenvalue weighted by Crippen LogP contribution is -2.57. The second-order valence-corrected chi connectivity index (χ2v) is 12.0. The van der Waals surface area contributed by atoms with Crippen molar-refractivity contribution >= 4 is 33.6 Å². The van der Waals surface area contributed by atoms with E-state index >= 15 is 0 Å². The number of nitrogens with zero attached hydrogens (tertiary/aromatic N) is 1. The Bertz CT molecular complexity index is 1510. The zero-order valence-electron chi connectivity index (χ0n) is 24.1. The minimum absolute atomic E-state index is 0.302. The summed E-state index contributed by atoms with van der Waals surface area (Å²) < 4.78 is 18.9. The Morgan fingerprint density at radius 2 is 1.88 bits per heavy atom. The highest BCUT2D eigenvalue weighted by molar-refractivity contribution is 9.10. The summed E-state index contributed by atoms with van der Waals surface area (Å²) in [7, 11) is 3.05. The largest absolute Gasteiger partial charge is 0.497 e. The predicted molar refractivity (Wildman–Crippen MR) is 165 cm³/mol. The number of aliphatic hydroxyl groups is 1. The average Bonchev–Trinajstić information content (AvgIpc) is 2.94. The van der Waals surface area contributed by atoms with Crippen molar-refractivity contribution in [3.63, 3.8) is 0 Å². The van der Waals surface area contributed by atoms with Crippen LogP contribution in [-0.4, -0.2) is 36.9 Å². The molecule has 0 fully saturated rings. The van der Waals surface area contributed by atoms with Crippen molar-refractivity contribution in [2.75, 3.05) is 19.1 Å². The van der Waals surface area contributed by atoms with Gasteiger partial charge in [-0.3, -0.25) is 4.79 Å². The first-order chi connectivity index (χ1) is 19.6. The Morgan fingerprint density at radius 1 is 1.12 bits per heavy atom. The summed E-state index contributed by atoms with van der Waals surface area (Å²) in [5.74, 6) is 0.860.